The van der Waals surface area contributed by atoms with E-state index in [1.807, 2.05) is 64.2 Å². The molecule has 394 valence electrons. The van der Waals surface area contributed by atoms with E-state index in [0.717, 1.165) is 0 Å². The Labute approximate surface area is 505 Å². The second kappa shape index (κ2) is 35.3. The van der Waals surface area contributed by atoms with Crippen molar-refractivity contribution in [2.75, 3.05) is 0 Å². The Morgan fingerprint density at radius 1 is 0.287 bits per heavy atom. The van der Waals surface area contributed by atoms with Gasteiger partial charge in [0.25, 0.3) is 0 Å². The first-order valence-corrected chi connectivity index (χ1v) is 29.0. The number of aryl methyl sites for hydroxylation is 2. The summed E-state index contributed by atoms with van der Waals surface area (Å²) in [6, 6.07) is 87.6. The number of rotatable bonds is 9. The predicted octanol–water partition coefficient (Wildman–Crippen LogP) is 14.8. The van der Waals surface area contributed by atoms with Gasteiger partial charge in [0.15, 0.2) is 0 Å². The van der Waals surface area contributed by atoms with Crippen molar-refractivity contribution in [3.63, 3.8) is 0 Å². The minimum atomic E-state index is -2.60. The molecule has 12 radical (unpaired) electrons. The third-order valence-electron chi connectivity index (χ3n) is 13.9. The van der Waals surface area contributed by atoms with Crippen molar-refractivity contribution in [3.05, 3.63) is 367 Å². The third-order valence-corrected chi connectivity index (χ3v) is 23.8. The topological polar surface area (TPSA) is 79.6 Å². The maximum absolute atomic E-state index is 7.50. The molecule has 4 atom stereocenters. The van der Waals surface area contributed by atoms with Crippen LogP contribution in [0.4, 0.5) is 0 Å². The molecular formula is C72H58O4P2Re2. The van der Waals surface area contributed by atoms with Crippen LogP contribution in [0.1, 0.15) is 45.2 Å². The Hall–Kier alpha value is -5.62. The van der Waals surface area contributed by atoms with Gasteiger partial charge in [-0.1, -0.05) is 191 Å². The quantitative estimate of drug-likeness (QED) is 0.0784. The average molecular weight is 1420 g/mol. The largest absolute Gasteiger partial charge is 0.0312 e. The Balaban J connectivity index is 0.000000603. The van der Waals surface area contributed by atoms with Crippen molar-refractivity contribution in [2.45, 2.75) is 37.0 Å². The van der Waals surface area contributed by atoms with Crippen LogP contribution in [0.3, 0.4) is 0 Å². The Bertz CT molecular complexity index is 2830. The first-order chi connectivity index (χ1) is 38.6. The number of hydrogen-bond donors (Lipinski definition) is 0. The van der Waals surface area contributed by atoms with Crippen LogP contribution in [-0.2, 0) is 59.5 Å². The van der Waals surface area contributed by atoms with E-state index in [0.29, 0.717) is 0 Å². The normalized spacial score (nSPS) is 18.3. The molecule has 4 nitrogen and oxygen atoms in total. The second-order valence-corrected chi connectivity index (χ2v) is 25.2. The monoisotopic (exact) mass is 1420 g/mol. The van der Waals surface area contributed by atoms with E-state index in [1.165, 1.54) is 65.2 Å². The average Bonchev–Trinajstić information content (AvgIpc) is 4.46. The fourth-order valence-corrected chi connectivity index (χ4v) is 22.8. The summed E-state index contributed by atoms with van der Waals surface area (Å²) in [5, 5.41) is 8.31. The fourth-order valence-electron chi connectivity index (χ4n) is 10.9. The molecule has 4 unspecified atom stereocenters. The van der Waals surface area contributed by atoms with E-state index >= 15 is 0 Å². The van der Waals surface area contributed by atoms with Gasteiger partial charge in [-0.3, -0.25) is 0 Å². The maximum atomic E-state index is 7.50. The van der Waals surface area contributed by atoms with Crippen LogP contribution in [0.15, 0.2) is 231 Å². The number of benzene rings is 8. The molecule has 8 aromatic carbocycles. The molecule has 8 heteroatoms. The summed E-state index contributed by atoms with van der Waals surface area (Å²) < 4.78 is 30.0. The molecule has 0 N–H and O–H groups in total. The molecule has 0 aromatic heterocycles. The van der Waals surface area contributed by atoms with Crippen LogP contribution >= 0.6 is 14.5 Å². The van der Waals surface area contributed by atoms with E-state index in [9.17, 15) is 0 Å². The summed E-state index contributed by atoms with van der Waals surface area (Å²) >= 11 is 0. The van der Waals surface area contributed by atoms with E-state index in [1.54, 1.807) is 0 Å². The van der Waals surface area contributed by atoms with Gasteiger partial charge in [-0.15, -0.1) is 35.4 Å². The van der Waals surface area contributed by atoms with Gasteiger partial charge in [-0.25, -0.2) is 12.2 Å². The first-order valence-electron chi connectivity index (χ1n) is 25.3. The van der Waals surface area contributed by atoms with Crippen LogP contribution < -0.4 is 21.2 Å². The van der Waals surface area contributed by atoms with E-state index in [-0.39, 0.29) is 64.0 Å². The number of hydrogen-bond acceptors (Lipinski definition) is 0. The second-order valence-electron chi connectivity index (χ2n) is 18.2. The van der Waals surface area contributed by atoms with Gasteiger partial charge in [0.1, 0.15) is 32.5 Å². The molecule has 4 aliphatic rings. The van der Waals surface area contributed by atoms with Gasteiger partial charge in [0.2, 0.25) is 0 Å². The van der Waals surface area contributed by atoms with Crippen LogP contribution in [0.5, 0.6) is 0 Å². The van der Waals surface area contributed by atoms with E-state index in [2.05, 4.69) is 283 Å². The molecule has 12 rings (SSSR count). The molecule has 0 spiro atoms. The Morgan fingerprint density at radius 2 is 0.487 bits per heavy atom. The number of allylic oxidation sites excluding steroid dienone is 2. The van der Waals surface area contributed by atoms with Gasteiger partial charge in [-0.05, 0) is 138 Å². The molecular weight excluding hydrogens is 1360 g/mol. The zero-order chi connectivity index (χ0) is 55.6. The van der Waals surface area contributed by atoms with Crippen molar-refractivity contribution in [1.82, 2.24) is 0 Å². The standard InChI is InChI=1S/C58H48P2.2C5H5.4CO.2Re/c1-43-33-37-45(38-34-43)53-41-55(47-21-9-3-10-22-47)59(49-25-13-5-14-26-49,50-27-15-6-16-28-50)57(53)58-54(46-39-35-44(2)36-40-46)42-56(48-23-11-4-12-24-48)60(58,51-29-17-7-18-30-51)52-31-19-8-20-32-52;2*1-2-4-5-3-1;4*1-2;;/h3-40,53-54,57-58H,1-2H3;2*1-5H;;;;;;. The van der Waals surface area contributed by atoms with Crippen molar-refractivity contribution in [1.29, 1.82) is 0 Å². The van der Waals surface area contributed by atoms with Gasteiger partial charge in [0.05, 0.1) is 14.5 Å². The summed E-state index contributed by atoms with van der Waals surface area (Å²) in [7, 11) is -5.21. The summed E-state index contributed by atoms with van der Waals surface area (Å²) in [5.41, 5.74) is 7.87. The minimum absolute atomic E-state index is 0. The van der Waals surface area contributed by atoms with Crippen LogP contribution in [0, 0.1) is 117 Å². The SMILES string of the molecule is Cc1ccc(C2[C-]=C(c3ccccc3)[P+](c3ccccc3)(c3ccccc3)C2C2C(c3ccc(C)cc3)[C-]=C(c3ccccc3)[P+]2(c2ccccc2)c2ccccc2)cc1.[C-]#[O+].[C-]#[O+].[C-]#[O+].[C-]#[O+].[CH]1[CH][CH][CH][CH]1.[CH]1[CH][CH][CH][CH]1.[Re].[Re]. The van der Waals surface area contributed by atoms with Gasteiger partial charge >= 0.3 is 45.2 Å². The molecule has 2 aliphatic heterocycles. The minimum Gasteiger partial charge on any atom is -0.0312 e. The fraction of sp³-hybridized carbons (Fsp3) is 0.0833. The third kappa shape index (κ3) is 15.1. The van der Waals surface area contributed by atoms with Gasteiger partial charge < -0.3 is 0 Å². The van der Waals surface area contributed by atoms with Crippen LogP contribution in [-0.4, -0.2) is 11.3 Å². The molecule has 8 aromatic rings. The summed E-state index contributed by atoms with van der Waals surface area (Å²) in [6.07, 6.45) is 29.0. The molecule has 0 bridgehead atoms. The Kier molecular flexibility index (Phi) is 29.5. The smallest absolute Gasteiger partial charge is 0 e. The van der Waals surface area contributed by atoms with Crippen molar-refractivity contribution in [3.8, 4) is 0 Å². The van der Waals surface area contributed by atoms with E-state index in [4.69, 9.17) is 18.6 Å². The van der Waals surface area contributed by atoms with Crippen LogP contribution in [0.25, 0.3) is 10.6 Å². The zero-order valence-corrected chi connectivity index (χ0v) is 51.5. The summed E-state index contributed by atoms with van der Waals surface area (Å²) in [5.74, 6) is -0.0348. The molecule has 2 heterocycles. The molecule has 2 aliphatic carbocycles. The predicted molar refractivity (Wildman–Crippen MR) is 318 cm³/mol. The van der Waals surface area contributed by atoms with Gasteiger partial charge in [0, 0.05) is 40.8 Å². The molecule has 2 saturated carbocycles. The van der Waals surface area contributed by atoms with E-state index < -0.39 is 14.5 Å². The molecule has 0 amide bonds. The first kappa shape index (κ1) is 66.9. The van der Waals surface area contributed by atoms with Gasteiger partial charge in [-0.2, -0.15) is 0 Å². The molecule has 0 saturated heterocycles. The zero-order valence-electron chi connectivity index (χ0n) is 44.3. The van der Waals surface area contributed by atoms with Crippen molar-refractivity contribution >= 4 is 46.4 Å². The Morgan fingerprint density at radius 3 is 0.700 bits per heavy atom. The van der Waals surface area contributed by atoms with Crippen molar-refractivity contribution in [2.24, 2.45) is 0 Å². The van der Waals surface area contributed by atoms with Crippen LogP contribution in [0.2, 0.25) is 0 Å². The molecule has 2 fully saturated rings. The van der Waals surface area contributed by atoms with Crippen molar-refractivity contribution < 1.29 is 59.5 Å². The maximum Gasteiger partial charge on any atom is 0 e. The molecule has 80 heavy (non-hydrogen) atoms. The summed E-state index contributed by atoms with van der Waals surface area (Å²) in [4.78, 5) is 0. The summed E-state index contributed by atoms with van der Waals surface area (Å²) in [6.45, 7) is 22.4.